The Hall–Kier alpha value is -1.05. The van der Waals surface area contributed by atoms with Crippen LogP contribution >= 0.6 is 0 Å². The SMILES string of the molecule is C1=CC2CC1CC2c1ncc(CCC23CC4CC(CC(C4)C2)C3)[nH]1. The van der Waals surface area contributed by atoms with E-state index in [0.717, 1.165) is 29.6 Å². The molecule has 0 spiro atoms. The Balaban J connectivity index is 1.15. The number of nitrogens with zero attached hydrogens (tertiary/aromatic N) is 1. The lowest BCUT2D eigenvalue weighted by Crippen LogP contribution is -2.46. The molecule has 2 heteroatoms. The monoisotopic (exact) mass is 322 g/mol. The van der Waals surface area contributed by atoms with Crippen LogP contribution in [-0.2, 0) is 6.42 Å². The number of allylic oxidation sites excluding steroid dienone is 2. The number of hydrogen-bond donors (Lipinski definition) is 1. The van der Waals surface area contributed by atoms with Crippen LogP contribution in [0.15, 0.2) is 18.3 Å². The minimum Gasteiger partial charge on any atom is -0.346 e. The van der Waals surface area contributed by atoms with Crippen LogP contribution in [0, 0.1) is 35.0 Å². The van der Waals surface area contributed by atoms with E-state index < -0.39 is 0 Å². The summed E-state index contributed by atoms with van der Waals surface area (Å²) in [6, 6.07) is 0. The van der Waals surface area contributed by atoms with Gasteiger partial charge in [0.1, 0.15) is 5.82 Å². The third-order valence-corrected chi connectivity index (χ3v) is 8.37. The molecule has 1 aromatic heterocycles. The molecule has 7 rings (SSSR count). The van der Waals surface area contributed by atoms with Crippen LogP contribution in [-0.4, -0.2) is 9.97 Å². The molecule has 3 unspecified atom stereocenters. The van der Waals surface area contributed by atoms with E-state index in [2.05, 4.69) is 23.3 Å². The standard InChI is InChI=1S/C22H30N2/c1-2-18-8-14(1)9-20(18)21-23-13-19(24-21)3-4-22-10-15-5-16(11-22)7-17(6-15)12-22/h1-2,13-18,20H,3-12H2,(H,23,24). The highest BCUT2D eigenvalue weighted by Crippen LogP contribution is 2.61. The van der Waals surface area contributed by atoms with Crippen LogP contribution in [0.4, 0.5) is 0 Å². The van der Waals surface area contributed by atoms with Crippen molar-refractivity contribution < 1.29 is 0 Å². The Morgan fingerprint density at radius 1 is 0.958 bits per heavy atom. The van der Waals surface area contributed by atoms with Crippen molar-refractivity contribution in [3.8, 4) is 0 Å². The minimum absolute atomic E-state index is 0.674. The van der Waals surface area contributed by atoms with Gasteiger partial charge in [-0.3, -0.25) is 0 Å². The summed E-state index contributed by atoms with van der Waals surface area (Å²) in [5.74, 6) is 6.79. The molecule has 0 amide bonds. The van der Waals surface area contributed by atoms with Crippen molar-refractivity contribution in [2.24, 2.45) is 35.0 Å². The van der Waals surface area contributed by atoms with Gasteiger partial charge in [0.25, 0.3) is 0 Å². The molecule has 24 heavy (non-hydrogen) atoms. The van der Waals surface area contributed by atoms with E-state index in [4.69, 9.17) is 4.98 Å². The number of aromatic nitrogens is 2. The minimum atomic E-state index is 0.674. The fourth-order valence-corrected chi connectivity index (χ4v) is 7.78. The lowest BCUT2D eigenvalue weighted by Gasteiger charge is -2.57. The van der Waals surface area contributed by atoms with Gasteiger partial charge >= 0.3 is 0 Å². The van der Waals surface area contributed by atoms with E-state index in [1.165, 1.54) is 56.5 Å². The molecule has 5 fully saturated rings. The zero-order valence-corrected chi connectivity index (χ0v) is 14.7. The molecule has 128 valence electrons. The number of fused-ring (bicyclic) bond motifs is 2. The first-order chi connectivity index (χ1) is 11.7. The van der Waals surface area contributed by atoms with Gasteiger partial charge in [-0.2, -0.15) is 0 Å². The average Bonchev–Trinajstić information content (AvgIpc) is 3.28. The molecule has 0 aliphatic heterocycles. The molecular weight excluding hydrogens is 292 g/mol. The number of rotatable bonds is 4. The quantitative estimate of drug-likeness (QED) is 0.755. The van der Waals surface area contributed by atoms with Gasteiger partial charge in [0.15, 0.2) is 0 Å². The van der Waals surface area contributed by atoms with Crippen molar-refractivity contribution in [3.63, 3.8) is 0 Å². The second kappa shape index (κ2) is 4.99. The number of aromatic amines is 1. The van der Waals surface area contributed by atoms with Gasteiger partial charge in [0.2, 0.25) is 0 Å². The van der Waals surface area contributed by atoms with E-state index in [0.29, 0.717) is 11.3 Å². The predicted molar refractivity (Wildman–Crippen MR) is 95.6 cm³/mol. The Morgan fingerprint density at radius 2 is 1.71 bits per heavy atom. The molecule has 2 nitrogen and oxygen atoms in total. The Labute approximate surface area is 145 Å². The van der Waals surface area contributed by atoms with Crippen molar-refractivity contribution in [1.82, 2.24) is 9.97 Å². The second-order valence-corrected chi connectivity index (χ2v) is 10.1. The summed E-state index contributed by atoms with van der Waals surface area (Å²) in [4.78, 5) is 8.52. The van der Waals surface area contributed by atoms with Gasteiger partial charge in [-0.05, 0) is 99.2 Å². The first-order valence-corrected chi connectivity index (χ1v) is 10.5. The van der Waals surface area contributed by atoms with Crippen LogP contribution in [0.2, 0.25) is 0 Å². The highest BCUT2D eigenvalue weighted by Gasteiger charge is 2.50. The maximum absolute atomic E-state index is 4.79. The summed E-state index contributed by atoms with van der Waals surface area (Å²) in [6.07, 6.45) is 21.7. The van der Waals surface area contributed by atoms with E-state index >= 15 is 0 Å². The van der Waals surface area contributed by atoms with Crippen molar-refractivity contribution in [2.75, 3.05) is 0 Å². The van der Waals surface area contributed by atoms with Gasteiger partial charge < -0.3 is 4.98 Å². The van der Waals surface area contributed by atoms with Crippen molar-refractivity contribution >= 4 is 0 Å². The topological polar surface area (TPSA) is 28.7 Å². The molecule has 3 atom stereocenters. The molecule has 6 bridgehead atoms. The highest BCUT2D eigenvalue weighted by molar-refractivity contribution is 5.20. The molecule has 1 N–H and O–H groups in total. The molecule has 5 saturated carbocycles. The molecule has 6 aliphatic rings. The Bertz CT molecular complexity index is 634. The van der Waals surface area contributed by atoms with Crippen molar-refractivity contribution in [3.05, 3.63) is 29.9 Å². The summed E-state index contributed by atoms with van der Waals surface area (Å²) >= 11 is 0. The molecule has 0 radical (unpaired) electrons. The molecule has 1 aromatic rings. The van der Waals surface area contributed by atoms with Crippen LogP contribution in [0.3, 0.4) is 0 Å². The molecule has 1 heterocycles. The van der Waals surface area contributed by atoms with Gasteiger partial charge in [0, 0.05) is 17.8 Å². The lowest BCUT2D eigenvalue weighted by atomic mass is 9.48. The Morgan fingerprint density at radius 3 is 2.33 bits per heavy atom. The zero-order valence-electron chi connectivity index (χ0n) is 14.7. The maximum Gasteiger partial charge on any atom is 0.109 e. The first kappa shape index (κ1) is 14.2. The van der Waals surface area contributed by atoms with Crippen LogP contribution in [0.25, 0.3) is 0 Å². The van der Waals surface area contributed by atoms with Gasteiger partial charge in [0.05, 0.1) is 0 Å². The summed E-state index contributed by atoms with van der Waals surface area (Å²) in [7, 11) is 0. The van der Waals surface area contributed by atoms with Gasteiger partial charge in [-0.1, -0.05) is 12.2 Å². The number of imidazole rings is 1. The summed E-state index contributed by atoms with van der Waals surface area (Å²) in [5, 5.41) is 0. The fraction of sp³-hybridized carbons (Fsp3) is 0.773. The van der Waals surface area contributed by atoms with Crippen molar-refractivity contribution in [2.45, 2.75) is 70.1 Å². The summed E-state index contributed by atoms with van der Waals surface area (Å²) in [5.41, 5.74) is 2.11. The van der Waals surface area contributed by atoms with E-state index in [1.54, 1.807) is 19.3 Å². The normalized spacial score (nSPS) is 47.8. The molecule has 6 aliphatic carbocycles. The van der Waals surface area contributed by atoms with Crippen LogP contribution < -0.4 is 0 Å². The highest BCUT2D eigenvalue weighted by atomic mass is 14.9. The first-order valence-electron chi connectivity index (χ1n) is 10.5. The summed E-state index contributed by atoms with van der Waals surface area (Å²) < 4.78 is 0. The van der Waals surface area contributed by atoms with Crippen LogP contribution in [0.5, 0.6) is 0 Å². The fourth-order valence-electron chi connectivity index (χ4n) is 7.78. The number of aryl methyl sites for hydroxylation is 1. The lowest BCUT2D eigenvalue weighted by molar-refractivity contribution is -0.0570. The summed E-state index contributed by atoms with van der Waals surface area (Å²) in [6.45, 7) is 0. The number of hydrogen-bond acceptors (Lipinski definition) is 1. The molecular formula is C22H30N2. The average molecular weight is 322 g/mol. The van der Waals surface area contributed by atoms with Crippen molar-refractivity contribution in [1.29, 1.82) is 0 Å². The van der Waals surface area contributed by atoms with Crippen LogP contribution in [0.1, 0.15) is 75.2 Å². The maximum atomic E-state index is 4.79. The predicted octanol–water partition coefficient (Wildman–Crippen LogP) is 5.24. The van der Waals surface area contributed by atoms with Gasteiger partial charge in [-0.15, -0.1) is 0 Å². The van der Waals surface area contributed by atoms with E-state index in [1.807, 2.05) is 0 Å². The number of nitrogens with one attached hydrogen (secondary N) is 1. The number of H-pyrrole nitrogens is 1. The third kappa shape index (κ3) is 2.17. The van der Waals surface area contributed by atoms with Gasteiger partial charge in [-0.25, -0.2) is 4.98 Å². The second-order valence-electron chi connectivity index (χ2n) is 10.1. The largest absolute Gasteiger partial charge is 0.346 e. The van der Waals surface area contributed by atoms with E-state index in [-0.39, 0.29) is 0 Å². The Kier molecular flexibility index (Phi) is 2.94. The molecule has 0 saturated heterocycles. The smallest absolute Gasteiger partial charge is 0.109 e. The molecule has 0 aromatic carbocycles. The zero-order chi connectivity index (χ0) is 15.7. The third-order valence-electron chi connectivity index (χ3n) is 8.37. The van der Waals surface area contributed by atoms with E-state index in [9.17, 15) is 0 Å².